The van der Waals surface area contributed by atoms with Crippen LogP contribution in [0.25, 0.3) is 77.2 Å². The maximum absolute atomic E-state index is 11.3. The molecule has 10 rings (SSSR count). The second-order valence-corrected chi connectivity index (χ2v) is 18.2. The third kappa shape index (κ3) is 7.35. The molecular weight excluding hydrogens is 797 g/mol. The fraction of sp³-hybridized carbons (Fsp3) is 0.153. The van der Waals surface area contributed by atoms with Crippen LogP contribution in [-0.4, -0.2) is 44.9 Å². The molecule has 0 atom stereocenters. The summed E-state index contributed by atoms with van der Waals surface area (Å²) < 4.78 is 4.69. The monoisotopic (exact) mass is 848 g/mol. The maximum atomic E-state index is 11.3. The van der Waals surface area contributed by atoms with E-state index in [1.165, 1.54) is 54.7 Å². The van der Waals surface area contributed by atoms with Gasteiger partial charge in [-0.3, -0.25) is 9.98 Å². The summed E-state index contributed by atoms with van der Waals surface area (Å²) in [5.41, 5.74) is 16.9. The topological polar surface area (TPSA) is 75.0 Å². The molecule has 320 valence electrons. The van der Waals surface area contributed by atoms with Crippen LogP contribution in [0.15, 0.2) is 168 Å². The third-order valence-corrected chi connectivity index (χ3v) is 13.0. The van der Waals surface area contributed by atoms with E-state index in [9.17, 15) is 10.2 Å². The first-order valence-electron chi connectivity index (χ1n) is 22.3. The molecule has 0 saturated carbocycles. The van der Waals surface area contributed by atoms with Crippen LogP contribution in [0.3, 0.4) is 0 Å². The summed E-state index contributed by atoms with van der Waals surface area (Å²) in [6, 6.07) is 54.5. The second kappa shape index (κ2) is 16.5. The van der Waals surface area contributed by atoms with Gasteiger partial charge < -0.3 is 19.3 Å². The van der Waals surface area contributed by atoms with Crippen LogP contribution in [0.5, 0.6) is 11.5 Å². The number of benzene rings is 8. The molecule has 2 N–H and O–H groups in total. The highest BCUT2D eigenvalue weighted by Crippen LogP contribution is 2.43. The number of hydrogen-bond donors (Lipinski definition) is 2. The van der Waals surface area contributed by atoms with Crippen molar-refractivity contribution in [2.45, 2.75) is 41.5 Å². The van der Waals surface area contributed by atoms with E-state index in [1.54, 1.807) is 12.4 Å². The molecule has 2 aromatic heterocycles. The van der Waals surface area contributed by atoms with Gasteiger partial charge in [0.1, 0.15) is 11.5 Å². The molecule has 0 spiro atoms. The average Bonchev–Trinajstić information content (AvgIpc) is 3.81. The molecule has 10 aromatic rings. The van der Waals surface area contributed by atoms with Crippen molar-refractivity contribution in [3.63, 3.8) is 0 Å². The van der Waals surface area contributed by atoms with Crippen molar-refractivity contribution < 1.29 is 10.2 Å². The van der Waals surface area contributed by atoms with Gasteiger partial charge in [0.2, 0.25) is 0 Å². The van der Waals surface area contributed by atoms with E-state index in [4.69, 9.17) is 9.98 Å². The first-order chi connectivity index (χ1) is 31.5. The standard InChI is InChI=1S/C59H52N4O2/c1-37-29-51-57(47-21-13-15-23-49(47)62(51)45-17-9-7-10-18-45)39(3)55(37)41-25-27-43(53(64)31-41)33-60-35-59(5,6)36-61-34-44-28-26-42(32-54(44)65)56-38(2)30-52-58(40(56)4)48-22-14-16-24-50(48)63(52)46-19-11-8-12-20-46/h7-34,64-65H,35-36H2,1-6H3/b60-33+,61-34+. The normalized spacial score (nSPS) is 12.3. The number of aromatic hydroxyl groups is 2. The molecule has 6 nitrogen and oxygen atoms in total. The zero-order valence-corrected chi connectivity index (χ0v) is 37.8. The van der Waals surface area contributed by atoms with Crippen LogP contribution >= 0.6 is 0 Å². The van der Waals surface area contributed by atoms with Crippen LogP contribution in [0.1, 0.15) is 47.2 Å². The molecular formula is C59H52N4O2. The number of aryl methyl sites for hydroxylation is 4. The van der Waals surface area contributed by atoms with E-state index in [-0.39, 0.29) is 16.9 Å². The van der Waals surface area contributed by atoms with Gasteiger partial charge in [0.05, 0.1) is 22.1 Å². The number of para-hydroxylation sites is 4. The Hall–Kier alpha value is -7.70. The SMILES string of the molecule is Cc1cc2c(c(C)c1-c1ccc(/C=N/CC(C)(C)C/N=C/c3ccc(-c4c(C)cc5c(c4C)c4ccccc4n5-c4ccccc4)cc3O)c(O)c1)c1ccccc1n2-c1ccccc1. The molecule has 0 amide bonds. The first kappa shape index (κ1) is 41.3. The Morgan fingerprint density at radius 3 is 1.25 bits per heavy atom. The smallest absolute Gasteiger partial charge is 0.124 e. The Labute approximate surface area is 380 Å². The molecule has 0 aliphatic carbocycles. The predicted molar refractivity (Wildman–Crippen MR) is 273 cm³/mol. The lowest BCUT2D eigenvalue weighted by atomic mass is 9.91. The zero-order valence-electron chi connectivity index (χ0n) is 37.8. The Morgan fingerprint density at radius 1 is 0.462 bits per heavy atom. The van der Waals surface area contributed by atoms with Gasteiger partial charge in [-0.15, -0.1) is 0 Å². The zero-order chi connectivity index (χ0) is 45.0. The summed E-state index contributed by atoms with van der Waals surface area (Å²) in [5.74, 6) is 0.381. The Balaban J connectivity index is 0.851. The van der Waals surface area contributed by atoms with Crippen LogP contribution < -0.4 is 0 Å². The Morgan fingerprint density at radius 2 is 0.846 bits per heavy atom. The molecule has 0 radical (unpaired) electrons. The van der Waals surface area contributed by atoms with E-state index < -0.39 is 0 Å². The molecule has 0 aliphatic heterocycles. The molecule has 65 heavy (non-hydrogen) atoms. The molecule has 8 aromatic carbocycles. The van der Waals surface area contributed by atoms with Gasteiger partial charge in [-0.05, 0) is 145 Å². The van der Waals surface area contributed by atoms with Crippen molar-refractivity contribution >= 4 is 56.0 Å². The van der Waals surface area contributed by atoms with E-state index in [0.717, 1.165) is 44.8 Å². The Bertz CT molecular complexity index is 3290. The third-order valence-electron chi connectivity index (χ3n) is 13.0. The quantitative estimate of drug-likeness (QED) is 0.135. The summed E-state index contributed by atoms with van der Waals surface area (Å²) in [5, 5.41) is 27.5. The van der Waals surface area contributed by atoms with Gasteiger partial charge >= 0.3 is 0 Å². The minimum absolute atomic E-state index is 0.191. The lowest BCUT2D eigenvalue weighted by Gasteiger charge is -2.19. The summed E-state index contributed by atoms with van der Waals surface area (Å²) in [7, 11) is 0. The highest BCUT2D eigenvalue weighted by Gasteiger charge is 2.22. The minimum Gasteiger partial charge on any atom is -0.507 e. The number of aromatic nitrogens is 2. The largest absolute Gasteiger partial charge is 0.507 e. The van der Waals surface area contributed by atoms with E-state index in [0.29, 0.717) is 24.2 Å². The number of hydrogen-bond acceptors (Lipinski definition) is 4. The molecule has 0 aliphatic rings. The van der Waals surface area contributed by atoms with Crippen molar-refractivity contribution in [3.8, 4) is 45.1 Å². The van der Waals surface area contributed by atoms with Crippen LogP contribution in [0, 0.1) is 33.1 Å². The molecule has 0 saturated heterocycles. The highest BCUT2D eigenvalue weighted by atomic mass is 16.3. The Kier molecular flexibility index (Phi) is 10.5. The van der Waals surface area contributed by atoms with E-state index in [1.807, 2.05) is 36.4 Å². The van der Waals surface area contributed by atoms with Crippen molar-refractivity contribution in [1.29, 1.82) is 0 Å². The molecule has 6 heteroatoms. The van der Waals surface area contributed by atoms with Crippen molar-refractivity contribution in [3.05, 3.63) is 191 Å². The van der Waals surface area contributed by atoms with Gasteiger partial charge in [-0.1, -0.05) is 98.8 Å². The predicted octanol–water partition coefficient (Wildman–Crippen LogP) is 14.4. The molecule has 0 unspecified atom stereocenters. The van der Waals surface area contributed by atoms with E-state index in [2.05, 4.69) is 172 Å². The summed E-state index contributed by atoms with van der Waals surface area (Å²) in [6.07, 6.45) is 3.51. The number of fused-ring (bicyclic) bond motifs is 6. The number of rotatable bonds is 10. The number of aliphatic imine (C=N–C) groups is 2. The minimum atomic E-state index is -0.261. The van der Waals surface area contributed by atoms with Crippen molar-refractivity contribution in [2.75, 3.05) is 13.1 Å². The van der Waals surface area contributed by atoms with Gasteiger partial charge in [0, 0.05) is 75.0 Å². The van der Waals surface area contributed by atoms with Crippen LogP contribution in [-0.2, 0) is 0 Å². The van der Waals surface area contributed by atoms with Crippen LogP contribution in [0.2, 0.25) is 0 Å². The van der Waals surface area contributed by atoms with Crippen LogP contribution in [0.4, 0.5) is 0 Å². The van der Waals surface area contributed by atoms with Crippen molar-refractivity contribution in [1.82, 2.24) is 9.13 Å². The lowest BCUT2D eigenvalue weighted by Crippen LogP contribution is -2.19. The van der Waals surface area contributed by atoms with Gasteiger partial charge in [0.25, 0.3) is 0 Å². The number of phenols is 2. The lowest BCUT2D eigenvalue weighted by molar-refractivity contribution is 0.396. The van der Waals surface area contributed by atoms with Gasteiger partial charge in [-0.25, -0.2) is 0 Å². The van der Waals surface area contributed by atoms with Gasteiger partial charge in [-0.2, -0.15) is 0 Å². The second-order valence-electron chi connectivity index (χ2n) is 18.2. The maximum Gasteiger partial charge on any atom is 0.124 e. The highest BCUT2D eigenvalue weighted by molar-refractivity contribution is 6.14. The number of phenolic OH excluding ortho intramolecular Hbond substituents is 2. The first-order valence-corrected chi connectivity index (χ1v) is 22.3. The fourth-order valence-electron chi connectivity index (χ4n) is 10.0. The fourth-order valence-corrected chi connectivity index (χ4v) is 10.0. The van der Waals surface area contributed by atoms with E-state index >= 15 is 0 Å². The van der Waals surface area contributed by atoms with Gasteiger partial charge in [0.15, 0.2) is 0 Å². The molecule has 0 bridgehead atoms. The van der Waals surface area contributed by atoms with Crippen molar-refractivity contribution in [2.24, 2.45) is 15.4 Å². The average molecular weight is 849 g/mol. The molecule has 2 heterocycles. The number of nitrogens with zero attached hydrogens (tertiary/aromatic N) is 4. The summed E-state index contributed by atoms with van der Waals surface area (Å²) in [4.78, 5) is 9.54. The molecule has 0 fully saturated rings. The summed E-state index contributed by atoms with van der Waals surface area (Å²) >= 11 is 0. The summed E-state index contributed by atoms with van der Waals surface area (Å²) in [6.45, 7) is 14.0.